The smallest absolute Gasteiger partial charge is 0.164 e. The quantitative estimate of drug-likeness (QED) is 0.237. The van der Waals surface area contributed by atoms with Crippen molar-refractivity contribution >= 4 is 49.9 Å². The molecule has 1 aromatic heterocycles. The lowest BCUT2D eigenvalue weighted by Crippen LogP contribution is -2.49. The second-order valence-corrected chi connectivity index (χ2v) is 8.53. The van der Waals surface area contributed by atoms with Gasteiger partial charge in [-0.15, -0.1) is 0 Å². The lowest BCUT2D eigenvalue weighted by atomic mass is 10.0. The summed E-state index contributed by atoms with van der Waals surface area (Å²) in [6.07, 6.45) is -4.00. The fourth-order valence-corrected chi connectivity index (χ4v) is 3.69. The largest absolute Gasteiger partial charge is 0.493 e. The molecule has 0 aliphatic heterocycles. The van der Waals surface area contributed by atoms with Crippen molar-refractivity contribution in [3.63, 3.8) is 0 Å². The molecular formula is C22H25BrClN3O7. The third-order valence-corrected chi connectivity index (χ3v) is 6.39. The summed E-state index contributed by atoms with van der Waals surface area (Å²) in [5.41, 5.74) is 1.20. The maximum Gasteiger partial charge on any atom is 0.164 e. The van der Waals surface area contributed by atoms with Crippen molar-refractivity contribution in [2.75, 3.05) is 32.8 Å². The Labute approximate surface area is 209 Å². The standard InChI is InChI=1S/C22H25BrClN3O7/c1-32-16-6-12-15(25-10-26-22(12)27-11-3-4-13(23)14(24)5-11)7-17(16)34-19(9-29)21(31)20(30)18(8-28)33-2/h3-7,10,18-21,28-31H,8-9H2,1-2H3,(H,25,26,27)/t18-,19-,20+,21+/m0/s1. The van der Waals surface area contributed by atoms with Crippen molar-refractivity contribution in [1.82, 2.24) is 9.97 Å². The zero-order valence-electron chi connectivity index (χ0n) is 18.4. The molecule has 0 amide bonds. The summed E-state index contributed by atoms with van der Waals surface area (Å²) >= 11 is 9.53. The van der Waals surface area contributed by atoms with Gasteiger partial charge in [0.25, 0.3) is 0 Å². The van der Waals surface area contributed by atoms with E-state index in [1.807, 2.05) is 6.07 Å². The van der Waals surface area contributed by atoms with Crippen LogP contribution in [-0.4, -0.2) is 82.2 Å². The highest BCUT2D eigenvalue weighted by Gasteiger charge is 2.34. The first-order chi connectivity index (χ1) is 16.3. The van der Waals surface area contributed by atoms with Crippen LogP contribution in [0.3, 0.4) is 0 Å². The second-order valence-electron chi connectivity index (χ2n) is 7.27. The summed E-state index contributed by atoms with van der Waals surface area (Å²) < 4.78 is 16.9. The molecule has 5 N–H and O–H groups in total. The molecule has 184 valence electrons. The Morgan fingerprint density at radius 1 is 1.00 bits per heavy atom. The predicted octanol–water partition coefficient (Wildman–Crippen LogP) is 2.27. The van der Waals surface area contributed by atoms with E-state index >= 15 is 0 Å². The van der Waals surface area contributed by atoms with E-state index in [9.17, 15) is 20.4 Å². The van der Waals surface area contributed by atoms with Gasteiger partial charge in [0.1, 0.15) is 30.5 Å². The summed E-state index contributed by atoms with van der Waals surface area (Å²) in [5, 5.41) is 44.2. The lowest BCUT2D eigenvalue weighted by Gasteiger charge is -2.30. The van der Waals surface area contributed by atoms with E-state index in [1.165, 1.54) is 20.5 Å². The fourth-order valence-electron chi connectivity index (χ4n) is 3.27. The van der Waals surface area contributed by atoms with E-state index in [-0.39, 0.29) is 11.5 Å². The van der Waals surface area contributed by atoms with Crippen LogP contribution in [0.25, 0.3) is 10.9 Å². The number of rotatable bonds is 11. The number of ether oxygens (including phenoxy) is 3. The Balaban J connectivity index is 1.92. The van der Waals surface area contributed by atoms with Crippen molar-refractivity contribution in [1.29, 1.82) is 0 Å². The third-order valence-electron chi connectivity index (χ3n) is 5.16. The maximum atomic E-state index is 10.5. The van der Waals surface area contributed by atoms with Gasteiger partial charge in [0.2, 0.25) is 0 Å². The Morgan fingerprint density at radius 3 is 2.32 bits per heavy atom. The molecular weight excluding hydrogens is 534 g/mol. The van der Waals surface area contributed by atoms with Crippen molar-refractivity contribution in [2.45, 2.75) is 24.4 Å². The average molecular weight is 559 g/mol. The first-order valence-corrected chi connectivity index (χ1v) is 11.3. The van der Waals surface area contributed by atoms with Crippen molar-refractivity contribution in [3.05, 3.63) is 46.2 Å². The van der Waals surface area contributed by atoms with Crippen LogP contribution in [0.5, 0.6) is 11.5 Å². The monoisotopic (exact) mass is 557 g/mol. The van der Waals surface area contributed by atoms with Gasteiger partial charge in [0, 0.05) is 28.7 Å². The van der Waals surface area contributed by atoms with Gasteiger partial charge in [-0.3, -0.25) is 0 Å². The molecule has 0 unspecified atom stereocenters. The highest BCUT2D eigenvalue weighted by molar-refractivity contribution is 9.10. The molecule has 2 aromatic carbocycles. The normalized spacial score (nSPS) is 14.9. The van der Waals surface area contributed by atoms with E-state index in [4.69, 9.17) is 25.8 Å². The number of aliphatic hydroxyl groups is 4. The summed E-state index contributed by atoms with van der Waals surface area (Å²) in [6.45, 7) is -1.15. The highest BCUT2D eigenvalue weighted by Crippen LogP contribution is 2.36. The minimum absolute atomic E-state index is 0.176. The second kappa shape index (κ2) is 11.9. The van der Waals surface area contributed by atoms with Crippen LogP contribution in [0.4, 0.5) is 11.5 Å². The molecule has 0 aliphatic rings. The molecule has 10 nitrogen and oxygen atoms in total. The van der Waals surface area contributed by atoms with Gasteiger partial charge in [0.05, 0.1) is 30.9 Å². The topological polar surface area (TPSA) is 146 Å². The molecule has 4 atom stereocenters. The van der Waals surface area contributed by atoms with Gasteiger partial charge in [-0.25, -0.2) is 9.97 Å². The number of nitrogens with one attached hydrogen (secondary N) is 1. The Morgan fingerprint density at radius 2 is 1.71 bits per heavy atom. The van der Waals surface area contributed by atoms with E-state index < -0.39 is 37.6 Å². The number of methoxy groups -OCH3 is 2. The number of aromatic nitrogens is 2. The summed E-state index contributed by atoms with van der Waals surface area (Å²) in [6, 6.07) is 8.59. The van der Waals surface area contributed by atoms with Crippen LogP contribution in [0, 0.1) is 0 Å². The number of aliphatic hydroxyl groups excluding tert-OH is 4. The number of anilines is 2. The molecule has 0 aliphatic carbocycles. The number of hydrogen-bond acceptors (Lipinski definition) is 10. The van der Waals surface area contributed by atoms with Gasteiger partial charge in [-0.1, -0.05) is 11.6 Å². The van der Waals surface area contributed by atoms with Gasteiger partial charge in [-0.2, -0.15) is 0 Å². The lowest BCUT2D eigenvalue weighted by molar-refractivity contribution is -0.127. The predicted molar refractivity (Wildman–Crippen MR) is 130 cm³/mol. The number of nitrogens with zero attached hydrogens (tertiary/aromatic N) is 2. The first-order valence-electron chi connectivity index (χ1n) is 10.1. The van der Waals surface area contributed by atoms with Crippen LogP contribution in [-0.2, 0) is 4.74 Å². The molecule has 12 heteroatoms. The number of fused-ring (bicyclic) bond motifs is 1. The number of halogens is 2. The molecule has 0 radical (unpaired) electrons. The van der Waals surface area contributed by atoms with Crippen LogP contribution in [0.2, 0.25) is 5.02 Å². The molecule has 0 bridgehead atoms. The first kappa shape index (κ1) is 26.4. The number of benzene rings is 2. The van der Waals surface area contributed by atoms with E-state index in [0.717, 1.165) is 4.47 Å². The third kappa shape index (κ3) is 5.87. The Kier molecular flexibility index (Phi) is 9.25. The maximum absolute atomic E-state index is 10.5. The molecule has 3 rings (SSSR count). The van der Waals surface area contributed by atoms with Crippen molar-refractivity contribution in [3.8, 4) is 11.5 Å². The molecule has 0 spiro atoms. The molecule has 34 heavy (non-hydrogen) atoms. The van der Waals surface area contributed by atoms with Gasteiger partial charge in [-0.05, 0) is 40.2 Å². The Hall–Kier alpha value is -2.25. The van der Waals surface area contributed by atoms with Crippen LogP contribution in [0.15, 0.2) is 41.1 Å². The zero-order chi connectivity index (χ0) is 24.8. The molecule has 0 saturated carbocycles. The van der Waals surface area contributed by atoms with Crippen LogP contribution in [0.1, 0.15) is 0 Å². The SMILES string of the molecule is COc1cc2c(Nc3ccc(Br)c(Cl)c3)ncnc2cc1O[C@@H](CO)[C@@H](O)[C@H](O)[C@H](CO)OC. The highest BCUT2D eigenvalue weighted by atomic mass is 79.9. The molecule has 1 heterocycles. The van der Waals surface area contributed by atoms with Crippen molar-refractivity contribution < 1.29 is 34.6 Å². The summed E-state index contributed by atoms with van der Waals surface area (Å²) in [4.78, 5) is 8.57. The molecule has 0 saturated heterocycles. The zero-order valence-corrected chi connectivity index (χ0v) is 20.7. The van der Waals surface area contributed by atoms with Gasteiger partial charge in [0.15, 0.2) is 17.6 Å². The summed E-state index contributed by atoms with van der Waals surface area (Å²) in [7, 11) is 2.72. The van der Waals surface area contributed by atoms with Gasteiger partial charge < -0.3 is 40.0 Å². The molecule has 3 aromatic rings. The minimum atomic E-state index is -1.56. The van der Waals surface area contributed by atoms with Crippen LogP contribution >= 0.6 is 27.5 Å². The minimum Gasteiger partial charge on any atom is -0.493 e. The van der Waals surface area contributed by atoms with Crippen molar-refractivity contribution in [2.24, 2.45) is 0 Å². The van der Waals surface area contributed by atoms with E-state index in [1.54, 1.807) is 24.3 Å². The number of hydrogen-bond donors (Lipinski definition) is 5. The van der Waals surface area contributed by atoms with Gasteiger partial charge >= 0.3 is 0 Å². The van der Waals surface area contributed by atoms with E-state index in [0.29, 0.717) is 27.4 Å². The van der Waals surface area contributed by atoms with E-state index in [2.05, 4.69) is 31.2 Å². The Bertz CT molecular complexity index is 1120. The summed E-state index contributed by atoms with van der Waals surface area (Å²) in [5.74, 6) is 0.952. The molecule has 0 fully saturated rings. The fraction of sp³-hybridized carbons (Fsp3) is 0.364. The van der Waals surface area contributed by atoms with Crippen LogP contribution < -0.4 is 14.8 Å². The average Bonchev–Trinajstić information content (AvgIpc) is 2.84.